The third kappa shape index (κ3) is 5.68. The van der Waals surface area contributed by atoms with Crippen LogP contribution in [-0.2, 0) is 9.59 Å². The van der Waals surface area contributed by atoms with Crippen LogP contribution in [-0.4, -0.2) is 22.2 Å². The summed E-state index contributed by atoms with van der Waals surface area (Å²) in [4.78, 5) is 23.7. The Kier molecular flexibility index (Phi) is 10.1. The molecule has 0 aliphatic carbocycles. The van der Waals surface area contributed by atoms with E-state index in [0.29, 0.717) is 19.3 Å². The molecular formula is C17H32O4. The van der Waals surface area contributed by atoms with E-state index in [1.165, 1.54) is 0 Å². The topological polar surface area (TPSA) is 74.6 Å². The fraction of sp³-hybridized carbons (Fsp3) is 0.882. The van der Waals surface area contributed by atoms with Crippen molar-refractivity contribution in [3.8, 4) is 0 Å². The van der Waals surface area contributed by atoms with Gasteiger partial charge in [0, 0.05) is 0 Å². The van der Waals surface area contributed by atoms with E-state index < -0.39 is 17.4 Å². The molecule has 4 heteroatoms. The number of rotatable bonds is 13. The highest BCUT2D eigenvalue weighted by Crippen LogP contribution is 2.40. The third-order valence-electron chi connectivity index (χ3n) is 4.45. The van der Waals surface area contributed by atoms with Gasteiger partial charge >= 0.3 is 11.9 Å². The van der Waals surface area contributed by atoms with Crippen LogP contribution in [0, 0.1) is 11.3 Å². The maximum absolute atomic E-state index is 11.8. The lowest BCUT2D eigenvalue weighted by molar-refractivity contribution is -0.171. The maximum atomic E-state index is 11.8. The van der Waals surface area contributed by atoms with Gasteiger partial charge < -0.3 is 10.2 Å². The summed E-state index contributed by atoms with van der Waals surface area (Å²) in [6.45, 7) is 6.12. The zero-order valence-electron chi connectivity index (χ0n) is 13.9. The van der Waals surface area contributed by atoms with Gasteiger partial charge in [-0.05, 0) is 25.2 Å². The predicted octanol–water partition coefficient (Wildman–Crippen LogP) is 4.72. The average molecular weight is 300 g/mol. The van der Waals surface area contributed by atoms with Gasteiger partial charge in [-0.2, -0.15) is 0 Å². The summed E-state index contributed by atoms with van der Waals surface area (Å²) in [5, 5.41) is 19.3. The van der Waals surface area contributed by atoms with E-state index in [2.05, 4.69) is 13.8 Å². The van der Waals surface area contributed by atoms with Crippen LogP contribution in [0.15, 0.2) is 0 Å². The van der Waals surface area contributed by atoms with Crippen molar-refractivity contribution in [2.24, 2.45) is 11.3 Å². The second-order valence-electron chi connectivity index (χ2n) is 6.02. The number of aliphatic carboxylic acids is 2. The number of hydrogen-bond acceptors (Lipinski definition) is 2. The van der Waals surface area contributed by atoms with Gasteiger partial charge in [0.1, 0.15) is 0 Å². The van der Waals surface area contributed by atoms with Gasteiger partial charge in [-0.3, -0.25) is 9.59 Å². The first-order valence-corrected chi connectivity index (χ1v) is 8.44. The minimum absolute atomic E-state index is 0.245. The van der Waals surface area contributed by atoms with Gasteiger partial charge in [0.2, 0.25) is 0 Å². The summed E-state index contributed by atoms with van der Waals surface area (Å²) < 4.78 is 0. The molecule has 0 saturated heterocycles. The second kappa shape index (κ2) is 10.6. The minimum Gasteiger partial charge on any atom is -0.480 e. The van der Waals surface area contributed by atoms with E-state index >= 15 is 0 Å². The van der Waals surface area contributed by atoms with Gasteiger partial charge in [-0.25, -0.2) is 0 Å². The molecule has 0 radical (unpaired) electrons. The van der Waals surface area contributed by atoms with Gasteiger partial charge in [-0.15, -0.1) is 0 Å². The first-order chi connectivity index (χ1) is 9.97. The summed E-state index contributed by atoms with van der Waals surface area (Å²) in [5.41, 5.74) is -1.60. The summed E-state index contributed by atoms with van der Waals surface area (Å²) in [6, 6.07) is 0. The molecule has 0 aromatic rings. The van der Waals surface area contributed by atoms with Crippen molar-refractivity contribution >= 4 is 11.9 Å². The van der Waals surface area contributed by atoms with E-state index in [1.54, 1.807) is 0 Å². The Morgan fingerprint density at radius 3 is 1.71 bits per heavy atom. The Bertz CT molecular complexity index is 298. The third-order valence-corrected chi connectivity index (χ3v) is 4.45. The molecule has 0 spiro atoms. The largest absolute Gasteiger partial charge is 0.480 e. The molecule has 0 aromatic carbocycles. The number of carbonyl (C=O) groups is 2. The monoisotopic (exact) mass is 300 g/mol. The number of carboxylic acid groups (broad SMARTS) is 2. The fourth-order valence-corrected chi connectivity index (χ4v) is 3.04. The van der Waals surface area contributed by atoms with Gasteiger partial charge in [0.15, 0.2) is 5.41 Å². The molecule has 4 nitrogen and oxygen atoms in total. The van der Waals surface area contributed by atoms with Gasteiger partial charge in [-0.1, -0.05) is 65.7 Å². The molecule has 1 unspecified atom stereocenters. The highest BCUT2D eigenvalue weighted by molar-refractivity contribution is 5.98. The predicted molar refractivity (Wildman–Crippen MR) is 84.4 cm³/mol. The summed E-state index contributed by atoms with van der Waals surface area (Å²) >= 11 is 0. The van der Waals surface area contributed by atoms with Crippen LogP contribution in [0.4, 0.5) is 0 Å². The number of hydrogen-bond donors (Lipinski definition) is 2. The minimum atomic E-state index is -1.60. The zero-order chi connectivity index (χ0) is 16.3. The number of carboxylic acids is 2. The van der Waals surface area contributed by atoms with Crippen LogP contribution < -0.4 is 0 Å². The molecular weight excluding hydrogens is 268 g/mol. The van der Waals surface area contributed by atoms with Crippen LogP contribution in [0.3, 0.4) is 0 Å². The van der Waals surface area contributed by atoms with E-state index in [4.69, 9.17) is 0 Å². The van der Waals surface area contributed by atoms with Crippen LogP contribution in [0.5, 0.6) is 0 Å². The lowest BCUT2D eigenvalue weighted by Crippen LogP contribution is -2.46. The molecule has 21 heavy (non-hydrogen) atoms. The zero-order valence-corrected chi connectivity index (χ0v) is 13.9. The van der Waals surface area contributed by atoms with Crippen molar-refractivity contribution in [1.29, 1.82) is 0 Å². The smallest absolute Gasteiger partial charge is 0.321 e. The Hall–Kier alpha value is -1.06. The second-order valence-corrected chi connectivity index (χ2v) is 6.02. The molecule has 0 aromatic heterocycles. The normalized spacial score (nSPS) is 13.1. The van der Waals surface area contributed by atoms with E-state index in [9.17, 15) is 19.8 Å². The molecule has 0 rings (SSSR count). The van der Waals surface area contributed by atoms with E-state index in [0.717, 1.165) is 38.5 Å². The number of unbranched alkanes of at least 4 members (excludes halogenated alkanes) is 4. The van der Waals surface area contributed by atoms with Crippen molar-refractivity contribution in [2.75, 3.05) is 0 Å². The molecule has 0 saturated carbocycles. The van der Waals surface area contributed by atoms with Crippen molar-refractivity contribution in [3.05, 3.63) is 0 Å². The first-order valence-electron chi connectivity index (χ1n) is 8.44. The molecule has 0 amide bonds. The van der Waals surface area contributed by atoms with Crippen LogP contribution in [0.25, 0.3) is 0 Å². The van der Waals surface area contributed by atoms with Crippen molar-refractivity contribution < 1.29 is 19.8 Å². The van der Waals surface area contributed by atoms with E-state index in [1.807, 2.05) is 6.92 Å². The van der Waals surface area contributed by atoms with Crippen LogP contribution in [0.1, 0.15) is 85.0 Å². The lowest BCUT2D eigenvalue weighted by Gasteiger charge is -2.34. The Morgan fingerprint density at radius 1 is 0.810 bits per heavy atom. The van der Waals surface area contributed by atoms with Crippen molar-refractivity contribution in [2.45, 2.75) is 85.0 Å². The Balaban J connectivity index is 5.29. The summed E-state index contributed by atoms with van der Waals surface area (Å²) in [5.74, 6) is -2.56. The quantitative estimate of drug-likeness (QED) is 0.381. The average Bonchev–Trinajstić information content (AvgIpc) is 2.44. The first kappa shape index (κ1) is 19.9. The van der Waals surface area contributed by atoms with Crippen molar-refractivity contribution in [1.82, 2.24) is 0 Å². The maximum Gasteiger partial charge on any atom is 0.321 e. The van der Waals surface area contributed by atoms with Crippen molar-refractivity contribution in [3.63, 3.8) is 0 Å². The van der Waals surface area contributed by atoms with E-state index in [-0.39, 0.29) is 12.3 Å². The standard InChI is InChI=1S/C17H32O4/c1-4-7-10-12-14(11-8-5-2)17(15(18)19,16(20)21)13-9-6-3/h14H,4-13H2,1-3H3,(H,18,19)(H,20,21). The molecule has 0 fully saturated rings. The highest BCUT2D eigenvalue weighted by atomic mass is 16.4. The van der Waals surface area contributed by atoms with Gasteiger partial charge in [0.25, 0.3) is 0 Å². The molecule has 0 heterocycles. The molecule has 1 atom stereocenters. The van der Waals surface area contributed by atoms with Gasteiger partial charge in [0.05, 0.1) is 0 Å². The summed E-state index contributed by atoms with van der Waals surface area (Å²) in [6.07, 6.45) is 7.98. The highest BCUT2D eigenvalue weighted by Gasteiger charge is 2.51. The molecule has 0 aliphatic rings. The molecule has 124 valence electrons. The molecule has 0 bridgehead atoms. The molecule has 0 aliphatic heterocycles. The Morgan fingerprint density at radius 2 is 1.29 bits per heavy atom. The fourth-order valence-electron chi connectivity index (χ4n) is 3.04. The SMILES string of the molecule is CCCCCC(CCCC)C(CCCC)(C(=O)O)C(=O)O. The Labute approximate surface area is 128 Å². The molecule has 2 N–H and O–H groups in total. The lowest BCUT2D eigenvalue weighted by atomic mass is 9.68. The van der Waals surface area contributed by atoms with Crippen LogP contribution in [0.2, 0.25) is 0 Å². The summed E-state index contributed by atoms with van der Waals surface area (Å²) in [7, 11) is 0. The van der Waals surface area contributed by atoms with Crippen LogP contribution >= 0.6 is 0 Å².